The third-order valence-electron chi connectivity index (χ3n) is 0.995. The van der Waals surface area contributed by atoms with Crippen molar-refractivity contribution in [1.82, 2.24) is 5.32 Å². The van der Waals surface area contributed by atoms with Gasteiger partial charge < -0.3 is 15.2 Å². The van der Waals surface area contributed by atoms with Crippen LogP contribution in [0.15, 0.2) is 12.7 Å². The van der Waals surface area contributed by atoms with Crippen LogP contribution in [0.5, 0.6) is 0 Å². The van der Waals surface area contributed by atoms with E-state index in [0.717, 1.165) is 6.08 Å². The number of amides is 1. The molecule has 2 N–H and O–H groups in total. The average Bonchev–Trinajstić information content (AvgIpc) is 2.01. The molecule has 0 bridgehead atoms. The van der Waals surface area contributed by atoms with E-state index in [9.17, 15) is 4.79 Å². The van der Waals surface area contributed by atoms with Gasteiger partial charge in [-0.25, -0.2) is 0 Å². The summed E-state index contributed by atoms with van der Waals surface area (Å²) in [5.41, 5.74) is 0. The molecule has 1 unspecified atom stereocenters. The molecule has 0 aliphatic heterocycles. The molecule has 0 aromatic carbocycles. The Labute approximate surface area is 65.9 Å². The minimum absolute atomic E-state index is 0.0959. The zero-order chi connectivity index (χ0) is 8.69. The Balaban J connectivity index is 3.37. The second-order valence-electron chi connectivity index (χ2n) is 1.86. The van der Waals surface area contributed by atoms with E-state index in [1.165, 1.54) is 0 Å². The van der Waals surface area contributed by atoms with E-state index in [0.29, 0.717) is 6.61 Å². The van der Waals surface area contributed by atoms with Crippen molar-refractivity contribution in [3.8, 4) is 0 Å². The highest BCUT2D eigenvalue weighted by atomic mass is 16.6. The second kappa shape index (κ2) is 5.88. The minimum Gasteiger partial charge on any atom is -0.366 e. The van der Waals surface area contributed by atoms with Crippen molar-refractivity contribution >= 4 is 5.91 Å². The van der Waals surface area contributed by atoms with E-state index in [1.807, 2.05) is 0 Å². The Morgan fingerprint density at radius 3 is 3.00 bits per heavy atom. The largest absolute Gasteiger partial charge is 0.366 e. The van der Waals surface area contributed by atoms with Crippen molar-refractivity contribution in [3.05, 3.63) is 12.7 Å². The van der Waals surface area contributed by atoms with Gasteiger partial charge in [0.15, 0.2) is 6.29 Å². The Morgan fingerprint density at radius 2 is 2.55 bits per heavy atom. The van der Waals surface area contributed by atoms with Crippen LogP contribution < -0.4 is 5.32 Å². The predicted molar refractivity (Wildman–Crippen MR) is 40.8 cm³/mol. The summed E-state index contributed by atoms with van der Waals surface area (Å²) in [5, 5.41) is 11.3. The van der Waals surface area contributed by atoms with Gasteiger partial charge in [-0.05, 0) is 13.0 Å². The average molecular weight is 159 g/mol. The summed E-state index contributed by atoms with van der Waals surface area (Å²) in [6.45, 7) is 5.53. The number of aliphatic hydroxyl groups excluding tert-OH is 1. The zero-order valence-corrected chi connectivity index (χ0v) is 6.54. The van der Waals surface area contributed by atoms with E-state index in [-0.39, 0.29) is 12.5 Å². The molecule has 0 saturated carbocycles. The maximum absolute atomic E-state index is 10.5. The highest BCUT2D eigenvalue weighted by Gasteiger charge is 2.02. The fourth-order valence-corrected chi connectivity index (χ4v) is 0.511. The molecule has 4 nitrogen and oxygen atoms in total. The van der Waals surface area contributed by atoms with Gasteiger partial charge in [-0.3, -0.25) is 4.79 Å². The molecule has 1 atom stereocenters. The van der Waals surface area contributed by atoms with Gasteiger partial charge >= 0.3 is 0 Å². The molecule has 0 heterocycles. The van der Waals surface area contributed by atoms with E-state index in [1.54, 1.807) is 6.92 Å². The van der Waals surface area contributed by atoms with Crippen LogP contribution in [-0.2, 0) is 9.53 Å². The van der Waals surface area contributed by atoms with Gasteiger partial charge in [-0.1, -0.05) is 6.58 Å². The molecule has 0 aromatic heterocycles. The van der Waals surface area contributed by atoms with Crippen LogP contribution in [0.2, 0.25) is 0 Å². The summed E-state index contributed by atoms with van der Waals surface area (Å²) < 4.78 is 4.74. The van der Waals surface area contributed by atoms with Gasteiger partial charge in [0.05, 0.1) is 6.54 Å². The van der Waals surface area contributed by atoms with Crippen molar-refractivity contribution in [1.29, 1.82) is 0 Å². The highest BCUT2D eigenvalue weighted by Crippen LogP contribution is 1.83. The number of carbonyl (C=O) groups excluding carboxylic acids is 1. The first-order valence-corrected chi connectivity index (χ1v) is 3.40. The first-order valence-electron chi connectivity index (χ1n) is 3.40. The van der Waals surface area contributed by atoms with Gasteiger partial charge in [-0.2, -0.15) is 0 Å². The summed E-state index contributed by atoms with van der Waals surface area (Å²) in [7, 11) is 0. The monoisotopic (exact) mass is 159 g/mol. The van der Waals surface area contributed by atoms with Crippen molar-refractivity contribution in [2.24, 2.45) is 0 Å². The maximum atomic E-state index is 10.5. The third kappa shape index (κ3) is 5.57. The van der Waals surface area contributed by atoms with E-state index in [4.69, 9.17) is 9.84 Å². The topological polar surface area (TPSA) is 58.6 Å². The summed E-state index contributed by atoms with van der Waals surface area (Å²) in [6.07, 6.45) is 0.211. The fourth-order valence-electron chi connectivity index (χ4n) is 0.511. The summed E-state index contributed by atoms with van der Waals surface area (Å²) in [4.78, 5) is 10.5. The Kier molecular flexibility index (Phi) is 5.42. The molecule has 0 rings (SSSR count). The van der Waals surface area contributed by atoms with Crippen LogP contribution in [0.25, 0.3) is 0 Å². The summed E-state index contributed by atoms with van der Waals surface area (Å²) in [5.74, 6) is -0.316. The quantitative estimate of drug-likeness (QED) is 0.425. The number of rotatable bonds is 5. The Morgan fingerprint density at radius 1 is 1.91 bits per heavy atom. The van der Waals surface area contributed by atoms with Crippen LogP contribution in [0.3, 0.4) is 0 Å². The van der Waals surface area contributed by atoms with Gasteiger partial charge in [0.2, 0.25) is 5.91 Å². The number of ether oxygens (including phenoxy) is 1. The predicted octanol–water partition coefficient (Wildman–Crippen LogP) is -0.357. The standard InChI is InChI=1S/C7H13NO3/c1-3-6(9)8-5-7(10)11-4-2/h3,7,10H,1,4-5H2,2H3,(H,8,9). The number of hydrogen-bond donors (Lipinski definition) is 2. The zero-order valence-electron chi connectivity index (χ0n) is 6.54. The first kappa shape index (κ1) is 10.1. The van der Waals surface area contributed by atoms with Crippen LogP contribution in [0.4, 0.5) is 0 Å². The molecule has 0 aliphatic rings. The Bertz CT molecular complexity index is 136. The summed E-state index contributed by atoms with van der Waals surface area (Å²) >= 11 is 0. The highest BCUT2D eigenvalue weighted by molar-refractivity contribution is 5.86. The second-order valence-corrected chi connectivity index (χ2v) is 1.86. The van der Waals surface area contributed by atoms with Crippen LogP contribution >= 0.6 is 0 Å². The molecule has 0 aliphatic carbocycles. The van der Waals surface area contributed by atoms with Gasteiger partial charge in [0.1, 0.15) is 0 Å². The van der Waals surface area contributed by atoms with Gasteiger partial charge in [0.25, 0.3) is 0 Å². The van der Waals surface area contributed by atoms with E-state index in [2.05, 4.69) is 11.9 Å². The van der Waals surface area contributed by atoms with E-state index < -0.39 is 6.29 Å². The third-order valence-corrected chi connectivity index (χ3v) is 0.995. The first-order chi connectivity index (χ1) is 5.20. The van der Waals surface area contributed by atoms with Crippen molar-refractivity contribution in [2.45, 2.75) is 13.2 Å². The molecular formula is C7H13NO3. The molecule has 0 aromatic rings. The fraction of sp³-hybridized carbons (Fsp3) is 0.571. The molecule has 0 fully saturated rings. The lowest BCUT2D eigenvalue weighted by molar-refractivity contribution is -0.122. The lowest BCUT2D eigenvalue weighted by Crippen LogP contribution is -2.32. The molecule has 0 radical (unpaired) electrons. The molecule has 4 heteroatoms. The summed E-state index contributed by atoms with van der Waals surface area (Å²) in [6, 6.07) is 0. The van der Waals surface area contributed by atoms with Gasteiger partial charge in [0, 0.05) is 6.61 Å². The molecule has 64 valence electrons. The number of nitrogens with one attached hydrogen (secondary N) is 1. The number of hydrogen-bond acceptors (Lipinski definition) is 3. The molecule has 11 heavy (non-hydrogen) atoms. The minimum atomic E-state index is -0.927. The van der Waals surface area contributed by atoms with Crippen molar-refractivity contribution in [2.75, 3.05) is 13.2 Å². The van der Waals surface area contributed by atoms with Crippen LogP contribution in [0, 0.1) is 0 Å². The number of carbonyl (C=O) groups is 1. The molecular weight excluding hydrogens is 146 g/mol. The smallest absolute Gasteiger partial charge is 0.243 e. The van der Waals surface area contributed by atoms with Crippen molar-refractivity contribution in [3.63, 3.8) is 0 Å². The lowest BCUT2D eigenvalue weighted by atomic mass is 10.5. The van der Waals surface area contributed by atoms with Gasteiger partial charge in [-0.15, -0.1) is 0 Å². The molecule has 1 amide bonds. The Hall–Kier alpha value is -0.870. The SMILES string of the molecule is C=CC(=O)NCC(O)OCC. The van der Waals surface area contributed by atoms with E-state index >= 15 is 0 Å². The van der Waals surface area contributed by atoms with Crippen molar-refractivity contribution < 1.29 is 14.6 Å². The normalized spacial score (nSPS) is 12.2. The maximum Gasteiger partial charge on any atom is 0.243 e. The lowest BCUT2D eigenvalue weighted by Gasteiger charge is -2.09. The van der Waals surface area contributed by atoms with Crippen LogP contribution in [-0.4, -0.2) is 30.5 Å². The van der Waals surface area contributed by atoms with Crippen LogP contribution in [0.1, 0.15) is 6.92 Å². The molecule has 0 spiro atoms. The number of aliphatic hydroxyl groups is 1. The molecule has 0 saturated heterocycles.